The van der Waals surface area contributed by atoms with Crippen molar-refractivity contribution in [2.45, 2.75) is 83.9 Å². The predicted octanol–water partition coefficient (Wildman–Crippen LogP) is 7.83. The molecular formula is C34H32ClFN6O6S2. The SMILES string of the molecule is CCS(=O)(=O)c1nc(NCc2noc3c2CCCC3)c2c3c(c(-c4ccc(F)c5sc(NC(=O)OC(C)(C)C)c(C#N)c45)c(Cl)c2n1)COC3. The molecule has 50 heavy (non-hydrogen) atoms. The van der Waals surface area contributed by atoms with E-state index in [0.717, 1.165) is 48.3 Å². The second-order valence-corrected chi connectivity index (χ2v) is 16.6. The summed E-state index contributed by atoms with van der Waals surface area (Å²) in [6.07, 6.45) is 2.90. The summed E-state index contributed by atoms with van der Waals surface area (Å²) < 4.78 is 58.9. The zero-order valence-corrected chi connectivity index (χ0v) is 30.0. The lowest BCUT2D eigenvalue weighted by molar-refractivity contribution is 0.0636. The van der Waals surface area contributed by atoms with Gasteiger partial charge in [0.05, 0.1) is 51.7 Å². The molecule has 0 unspecified atom stereocenters. The summed E-state index contributed by atoms with van der Waals surface area (Å²) in [5.41, 5.74) is 3.24. The maximum absolute atomic E-state index is 15.4. The van der Waals surface area contributed by atoms with E-state index in [1.807, 2.05) is 0 Å². The maximum atomic E-state index is 15.4. The number of carbonyl (C=O) groups excluding carboxylic acids is 1. The molecule has 0 spiro atoms. The van der Waals surface area contributed by atoms with Gasteiger partial charge >= 0.3 is 6.09 Å². The van der Waals surface area contributed by atoms with Gasteiger partial charge in [0, 0.05) is 22.9 Å². The molecular weight excluding hydrogens is 707 g/mol. The summed E-state index contributed by atoms with van der Waals surface area (Å²) in [6, 6.07) is 4.88. The van der Waals surface area contributed by atoms with Gasteiger partial charge in [0.1, 0.15) is 39.8 Å². The summed E-state index contributed by atoms with van der Waals surface area (Å²) in [4.78, 5) is 21.7. The molecule has 0 radical (unpaired) electrons. The lowest BCUT2D eigenvalue weighted by Gasteiger charge is -2.19. The molecule has 2 N–H and O–H groups in total. The van der Waals surface area contributed by atoms with Crippen LogP contribution in [0.3, 0.4) is 0 Å². The van der Waals surface area contributed by atoms with E-state index in [9.17, 15) is 18.5 Å². The third-order valence-corrected chi connectivity index (χ3v) is 11.7. The number of hydrogen-bond donors (Lipinski definition) is 2. The van der Waals surface area contributed by atoms with Gasteiger partial charge in [0.2, 0.25) is 15.0 Å². The minimum Gasteiger partial charge on any atom is -0.444 e. The molecule has 0 fully saturated rings. The standard InChI is InChI=1S/C34H32ClFN6O6S2/c1-5-50(44,45)32-39-28-26(30(40-32)38-13-22-16-8-6-7-9-23(16)48-42-22)20-15-46-14-19(20)24(27(28)35)17-10-11-21(36)29-25(17)18(12-37)31(49-29)41-33(43)47-34(2,3)4/h10-11H,5-9,13-15H2,1-4H3,(H,41,43)(H,38,39,40). The highest BCUT2D eigenvalue weighted by Gasteiger charge is 2.32. The molecule has 0 saturated heterocycles. The lowest BCUT2D eigenvalue weighted by atomic mass is 9.91. The number of thiophene rings is 1. The average Bonchev–Trinajstić information content (AvgIpc) is 3.81. The number of nitriles is 1. The van der Waals surface area contributed by atoms with Gasteiger partial charge in [-0.15, -0.1) is 11.3 Å². The summed E-state index contributed by atoms with van der Waals surface area (Å²) in [6.45, 7) is 7.09. The summed E-state index contributed by atoms with van der Waals surface area (Å²) >= 11 is 8.13. The Morgan fingerprint density at radius 1 is 1.14 bits per heavy atom. The summed E-state index contributed by atoms with van der Waals surface area (Å²) in [5.74, 6) is 0.246. The monoisotopic (exact) mass is 738 g/mol. The highest BCUT2D eigenvalue weighted by Crippen LogP contribution is 2.49. The van der Waals surface area contributed by atoms with Crippen molar-refractivity contribution >= 4 is 70.7 Å². The number of carbonyl (C=O) groups is 1. The number of rotatable bonds is 7. The smallest absolute Gasteiger partial charge is 0.412 e. The van der Waals surface area contributed by atoms with Crippen molar-refractivity contribution < 1.29 is 31.6 Å². The molecule has 0 bridgehead atoms. The van der Waals surface area contributed by atoms with Crippen LogP contribution in [-0.2, 0) is 51.9 Å². The van der Waals surface area contributed by atoms with Crippen LogP contribution < -0.4 is 10.6 Å². The quantitative estimate of drug-likeness (QED) is 0.156. The zero-order chi connectivity index (χ0) is 35.5. The van der Waals surface area contributed by atoms with E-state index < -0.39 is 32.5 Å². The fourth-order valence-electron chi connectivity index (χ4n) is 6.41. The van der Waals surface area contributed by atoms with E-state index in [2.05, 4.69) is 31.8 Å². The van der Waals surface area contributed by atoms with Gasteiger partial charge in [-0.25, -0.2) is 27.6 Å². The first-order valence-electron chi connectivity index (χ1n) is 16.0. The second kappa shape index (κ2) is 12.8. The average molecular weight is 739 g/mol. The first-order valence-corrected chi connectivity index (χ1v) is 18.9. The van der Waals surface area contributed by atoms with Crippen molar-refractivity contribution in [2.75, 3.05) is 16.4 Å². The van der Waals surface area contributed by atoms with E-state index in [-0.39, 0.29) is 62.5 Å². The van der Waals surface area contributed by atoms with Gasteiger partial charge in [-0.3, -0.25) is 5.32 Å². The van der Waals surface area contributed by atoms with E-state index >= 15 is 4.39 Å². The van der Waals surface area contributed by atoms with Crippen LogP contribution >= 0.6 is 22.9 Å². The van der Waals surface area contributed by atoms with Gasteiger partial charge in [-0.1, -0.05) is 29.7 Å². The van der Waals surface area contributed by atoms with E-state index in [0.29, 0.717) is 33.3 Å². The number of nitrogens with zero attached hydrogens (tertiary/aromatic N) is 4. The molecule has 0 atom stereocenters. The van der Waals surface area contributed by atoms with Crippen LogP contribution in [0.2, 0.25) is 5.02 Å². The fraction of sp³-hybridized carbons (Fsp3) is 0.382. The van der Waals surface area contributed by atoms with Crippen LogP contribution in [0.25, 0.3) is 32.1 Å². The van der Waals surface area contributed by atoms with Crippen LogP contribution in [-0.4, -0.2) is 41.0 Å². The number of halogens is 2. The molecule has 4 heterocycles. The number of sulfone groups is 1. The number of hydrogen-bond acceptors (Lipinski definition) is 12. The Morgan fingerprint density at radius 2 is 1.90 bits per heavy atom. The minimum atomic E-state index is -3.91. The topological polar surface area (TPSA) is 169 Å². The van der Waals surface area contributed by atoms with Gasteiger partial charge in [0.15, 0.2) is 0 Å². The Morgan fingerprint density at radius 3 is 2.64 bits per heavy atom. The molecule has 2 aromatic carbocycles. The molecule has 7 rings (SSSR count). The fourth-order valence-corrected chi connectivity index (χ4v) is 8.55. The first-order chi connectivity index (χ1) is 23.8. The van der Waals surface area contributed by atoms with Crippen molar-refractivity contribution in [3.63, 3.8) is 0 Å². The number of fused-ring (bicyclic) bond motifs is 5. The van der Waals surface area contributed by atoms with Crippen molar-refractivity contribution in [1.82, 2.24) is 15.1 Å². The van der Waals surface area contributed by atoms with Crippen molar-refractivity contribution in [3.05, 3.63) is 56.7 Å². The molecule has 0 saturated carbocycles. The van der Waals surface area contributed by atoms with Crippen LogP contribution in [0, 0.1) is 17.1 Å². The van der Waals surface area contributed by atoms with Crippen LogP contribution in [0.5, 0.6) is 0 Å². The molecule has 1 aliphatic carbocycles. The van der Waals surface area contributed by atoms with Crippen molar-refractivity contribution in [2.24, 2.45) is 0 Å². The number of amides is 1. The second-order valence-electron chi connectivity index (χ2n) is 13.1. The summed E-state index contributed by atoms with van der Waals surface area (Å²) in [7, 11) is -3.91. The van der Waals surface area contributed by atoms with Crippen LogP contribution in [0.4, 0.5) is 20.0 Å². The number of aryl methyl sites for hydroxylation is 1. The Kier molecular flexibility index (Phi) is 8.70. The maximum Gasteiger partial charge on any atom is 0.412 e. The molecule has 1 amide bonds. The number of aromatic nitrogens is 3. The van der Waals surface area contributed by atoms with E-state index in [1.165, 1.54) is 19.1 Å². The van der Waals surface area contributed by atoms with Crippen LogP contribution in [0.1, 0.15) is 74.2 Å². The van der Waals surface area contributed by atoms with Crippen LogP contribution in [0.15, 0.2) is 21.8 Å². The Bertz CT molecular complexity index is 2380. The molecule has 12 nitrogen and oxygen atoms in total. The molecule has 3 aromatic heterocycles. The molecule has 1 aliphatic heterocycles. The van der Waals surface area contributed by atoms with Crippen molar-refractivity contribution in [1.29, 1.82) is 5.26 Å². The third-order valence-electron chi connectivity index (χ3n) is 8.68. The van der Waals surface area contributed by atoms with E-state index in [4.69, 9.17) is 25.6 Å². The molecule has 2 aliphatic rings. The third kappa shape index (κ3) is 5.93. The molecule has 260 valence electrons. The predicted molar refractivity (Wildman–Crippen MR) is 187 cm³/mol. The van der Waals surface area contributed by atoms with E-state index in [1.54, 1.807) is 20.8 Å². The first kappa shape index (κ1) is 34.1. The molecule has 16 heteroatoms. The van der Waals surface area contributed by atoms with Gasteiger partial charge < -0.3 is 19.3 Å². The minimum absolute atomic E-state index is 0.0180. The van der Waals surface area contributed by atoms with Gasteiger partial charge in [-0.05, 0) is 62.8 Å². The zero-order valence-electron chi connectivity index (χ0n) is 27.6. The Hall–Kier alpha value is -4.36. The normalized spacial score (nSPS) is 14.4. The Labute approximate surface area is 295 Å². The summed E-state index contributed by atoms with van der Waals surface area (Å²) in [5, 5.41) is 21.0. The molecule has 5 aromatic rings. The highest BCUT2D eigenvalue weighted by atomic mass is 35.5. The van der Waals surface area contributed by atoms with Gasteiger partial charge in [-0.2, -0.15) is 5.26 Å². The lowest BCUT2D eigenvalue weighted by Crippen LogP contribution is -2.27. The van der Waals surface area contributed by atoms with Gasteiger partial charge in [0.25, 0.3) is 0 Å². The number of benzene rings is 2. The Balaban J connectivity index is 1.44. The number of ether oxygens (including phenoxy) is 2. The number of anilines is 2. The highest BCUT2D eigenvalue weighted by molar-refractivity contribution is 7.91. The van der Waals surface area contributed by atoms with Crippen molar-refractivity contribution in [3.8, 4) is 17.2 Å². The largest absolute Gasteiger partial charge is 0.444 e. The number of nitrogens with one attached hydrogen (secondary N) is 2.